The average Bonchev–Trinajstić information content (AvgIpc) is 3.44. The molecule has 5 aromatic rings. The van der Waals surface area contributed by atoms with Gasteiger partial charge < -0.3 is 15.2 Å². The van der Waals surface area contributed by atoms with Crippen molar-refractivity contribution >= 4 is 44.0 Å². The zero-order valence-electron chi connectivity index (χ0n) is 17.3. The zero-order chi connectivity index (χ0) is 21.7. The molecule has 0 bridgehead atoms. The smallest absolute Gasteiger partial charge is 0.145 e. The van der Waals surface area contributed by atoms with Gasteiger partial charge in [0.25, 0.3) is 0 Å². The van der Waals surface area contributed by atoms with Gasteiger partial charge in [-0.15, -0.1) is 11.3 Å². The van der Waals surface area contributed by atoms with Gasteiger partial charge in [-0.3, -0.25) is 4.68 Å². The summed E-state index contributed by atoms with van der Waals surface area (Å²) in [7, 11) is 1.89. The third kappa shape index (κ3) is 3.35. The molecule has 1 fully saturated rings. The number of nitrogens with zero attached hydrogens (tertiary/aromatic N) is 5. The van der Waals surface area contributed by atoms with Crippen LogP contribution in [0.15, 0.2) is 54.6 Å². The summed E-state index contributed by atoms with van der Waals surface area (Å²) in [6, 6.07) is 10.0. The van der Waals surface area contributed by atoms with Gasteiger partial charge in [-0.25, -0.2) is 15.0 Å². The van der Waals surface area contributed by atoms with Gasteiger partial charge in [-0.05, 0) is 48.7 Å². The van der Waals surface area contributed by atoms with Gasteiger partial charge in [0, 0.05) is 24.5 Å². The molecule has 0 radical (unpaired) electrons. The molecule has 0 spiro atoms. The maximum atomic E-state index is 10.1. The second-order valence-electron chi connectivity index (χ2n) is 7.95. The van der Waals surface area contributed by atoms with E-state index in [0.29, 0.717) is 11.6 Å². The number of rotatable bonds is 5. The van der Waals surface area contributed by atoms with Crippen LogP contribution in [0.2, 0.25) is 0 Å². The van der Waals surface area contributed by atoms with Crippen LogP contribution in [0.25, 0.3) is 32.2 Å². The standard InChI is InChI=1S/C23H20N6O2S/c1-29-10-14(9-27-29)13-6-17-22(20(7-13)31-19-5-4-18(19)30)23(25-11-24-17)28-15-2-3-16-21(8-15)32-12-26-16/h2-3,6-12,18-19,30H,4-5H2,1H3,(H,24,25,28). The van der Waals surface area contributed by atoms with Gasteiger partial charge in [0.2, 0.25) is 0 Å². The van der Waals surface area contributed by atoms with Crippen LogP contribution in [0, 0.1) is 0 Å². The molecule has 32 heavy (non-hydrogen) atoms. The van der Waals surface area contributed by atoms with Gasteiger partial charge in [0.1, 0.15) is 24.0 Å². The number of thiazole rings is 1. The van der Waals surface area contributed by atoms with Crippen LogP contribution in [0.3, 0.4) is 0 Å². The summed E-state index contributed by atoms with van der Waals surface area (Å²) in [5, 5.41) is 18.6. The molecule has 1 saturated carbocycles. The van der Waals surface area contributed by atoms with E-state index in [0.717, 1.165) is 50.8 Å². The molecule has 2 N–H and O–H groups in total. The summed E-state index contributed by atoms with van der Waals surface area (Å²) in [5.41, 5.74) is 6.39. The van der Waals surface area contributed by atoms with Crippen LogP contribution in [0.4, 0.5) is 11.5 Å². The van der Waals surface area contributed by atoms with Crippen molar-refractivity contribution in [2.24, 2.45) is 7.05 Å². The Morgan fingerprint density at radius 1 is 1.09 bits per heavy atom. The minimum absolute atomic E-state index is 0.232. The number of aromatic nitrogens is 5. The molecule has 0 saturated heterocycles. The first-order chi connectivity index (χ1) is 15.6. The van der Waals surface area contributed by atoms with E-state index in [1.165, 1.54) is 0 Å². The Hall–Kier alpha value is -3.56. The first-order valence-corrected chi connectivity index (χ1v) is 11.2. The number of aliphatic hydroxyl groups is 1. The first kappa shape index (κ1) is 19.1. The van der Waals surface area contributed by atoms with E-state index >= 15 is 0 Å². The molecule has 1 aliphatic rings. The summed E-state index contributed by atoms with van der Waals surface area (Å²) in [6.45, 7) is 0. The number of aryl methyl sites for hydroxylation is 1. The van der Waals surface area contributed by atoms with E-state index in [2.05, 4.69) is 31.4 Å². The number of benzene rings is 2. The van der Waals surface area contributed by atoms with Gasteiger partial charge in [0.05, 0.1) is 38.9 Å². The molecule has 8 nitrogen and oxygen atoms in total. The Labute approximate surface area is 187 Å². The highest BCUT2D eigenvalue weighted by Crippen LogP contribution is 2.38. The minimum Gasteiger partial charge on any atom is -0.487 e. The Balaban J connectivity index is 1.47. The van der Waals surface area contributed by atoms with Crippen molar-refractivity contribution in [2.45, 2.75) is 25.0 Å². The molecular weight excluding hydrogens is 424 g/mol. The third-order valence-electron chi connectivity index (χ3n) is 5.79. The molecule has 9 heteroatoms. The fourth-order valence-corrected chi connectivity index (χ4v) is 4.62. The van der Waals surface area contributed by atoms with Crippen LogP contribution in [-0.2, 0) is 7.05 Å². The summed E-state index contributed by atoms with van der Waals surface area (Å²) < 4.78 is 9.14. The van der Waals surface area contributed by atoms with Crippen molar-refractivity contribution in [1.29, 1.82) is 0 Å². The number of nitrogens with one attached hydrogen (secondary N) is 1. The Morgan fingerprint density at radius 2 is 2.03 bits per heavy atom. The highest BCUT2D eigenvalue weighted by molar-refractivity contribution is 7.16. The van der Waals surface area contributed by atoms with Gasteiger partial charge >= 0.3 is 0 Å². The van der Waals surface area contributed by atoms with E-state index in [1.807, 2.05) is 49.2 Å². The minimum atomic E-state index is -0.457. The topological polar surface area (TPSA) is 98.0 Å². The molecule has 3 heterocycles. The molecule has 2 unspecified atom stereocenters. The van der Waals surface area contributed by atoms with Crippen molar-refractivity contribution in [2.75, 3.05) is 5.32 Å². The van der Waals surface area contributed by atoms with Crippen LogP contribution >= 0.6 is 11.3 Å². The van der Waals surface area contributed by atoms with Gasteiger partial charge in [-0.1, -0.05) is 0 Å². The quantitative estimate of drug-likeness (QED) is 0.417. The highest BCUT2D eigenvalue weighted by Gasteiger charge is 2.31. The predicted molar refractivity (Wildman–Crippen MR) is 124 cm³/mol. The summed E-state index contributed by atoms with van der Waals surface area (Å²) in [5.74, 6) is 1.30. The summed E-state index contributed by atoms with van der Waals surface area (Å²) >= 11 is 1.60. The fraction of sp³-hybridized carbons (Fsp3) is 0.217. The number of hydrogen-bond donors (Lipinski definition) is 2. The number of fused-ring (bicyclic) bond motifs is 2. The van der Waals surface area contributed by atoms with Crippen molar-refractivity contribution in [3.05, 3.63) is 54.6 Å². The Morgan fingerprint density at radius 3 is 2.81 bits per heavy atom. The monoisotopic (exact) mass is 444 g/mol. The molecule has 160 valence electrons. The van der Waals surface area contributed by atoms with E-state index < -0.39 is 6.10 Å². The normalized spacial score (nSPS) is 18.1. The number of anilines is 2. The second kappa shape index (κ2) is 7.54. The number of hydrogen-bond acceptors (Lipinski definition) is 8. The lowest BCUT2D eigenvalue weighted by atomic mass is 9.92. The van der Waals surface area contributed by atoms with E-state index in [4.69, 9.17) is 4.74 Å². The maximum absolute atomic E-state index is 10.1. The second-order valence-corrected chi connectivity index (χ2v) is 8.84. The summed E-state index contributed by atoms with van der Waals surface area (Å²) in [4.78, 5) is 13.4. The van der Waals surface area contributed by atoms with Crippen LogP contribution in [0.1, 0.15) is 12.8 Å². The third-order valence-corrected chi connectivity index (χ3v) is 6.58. The molecule has 2 atom stereocenters. The fourth-order valence-electron chi connectivity index (χ4n) is 3.90. The van der Waals surface area contributed by atoms with Crippen LogP contribution in [0.5, 0.6) is 5.75 Å². The van der Waals surface area contributed by atoms with Crippen molar-refractivity contribution in [3.8, 4) is 16.9 Å². The molecule has 6 rings (SSSR count). The Kier molecular flexibility index (Phi) is 4.51. The van der Waals surface area contributed by atoms with Gasteiger partial charge in [-0.2, -0.15) is 5.10 Å². The van der Waals surface area contributed by atoms with Crippen molar-refractivity contribution < 1.29 is 9.84 Å². The molecule has 0 aliphatic heterocycles. The van der Waals surface area contributed by atoms with Crippen molar-refractivity contribution in [1.82, 2.24) is 24.7 Å². The lowest BCUT2D eigenvalue weighted by Crippen LogP contribution is -2.41. The maximum Gasteiger partial charge on any atom is 0.145 e. The average molecular weight is 445 g/mol. The lowest BCUT2D eigenvalue weighted by molar-refractivity contribution is -0.0354. The largest absolute Gasteiger partial charge is 0.487 e. The van der Waals surface area contributed by atoms with Crippen molar-refractivity contribution in [3.63, 3.8) is 0 Å². The predicted octanol–water partition coefficient (Wildman–Crippen LogP) is 4.29. The highest BCUT2D eigenvalue weighted by atomic mass is 32.1. The zero-order valence-corrected chi connectivity index (χ0v) is 18.1. The number of ether oxygens (including phenoxy) is 1. The van der Waals surface area contributed by atoms with Crippen LogP contribution in [-0.4, -0.2) is 42.0 Å². The molecule has 2 aromatic carbocycles. The first-order valence-electron chi connectivity index (χ1n) is 10.4. The number of aliphatic hydroxyl groups excluding tert-OH is 1. The SMILES string of the molecule is Cn1cc(-c2cc(OC3CCC3O)c3c(Nc4ccc5ncsc5c4)ncnc3c2)cn1. The van der Waals surface area contributed by atoms with E-state index in [1.54, 1.807) is 22.3 Å². The van der Waals surface area contributed by atoms with E-state index in [-0.39, 0.29) is 6.10 Å². The summed E-state index contributed by atoms with van der Waals surface area (Å²) in [6.07, 6.45) is 6.19. The van der Waals surface area contributed by atoms with E-state index in [9.17, 15) is 5.11 Å². The van der Waals surface area contributed by atoms with Gasteiger partial charge in [0.15, 0.2) is 0 Å². The molecule has 0 amide bonds. The molecular formula is C23H20N6O2S. The van der Waals surface area contributed by atoms with Crippen LogP contribution < -0.4 is 10.1 Å². The Bertz CT molecular complexity index is 1450. The molecule has 1 aliphatic carbocycles. The molecule has 3 aromatic heterocycles. The lowest BCUT2D eigenvalue weighted by Gasteiger charge is -2.33.